The summed E-state index contributed by atoms with van der Waals surface area (Å²) in [6, 6.07) is 5.48. The molecule has 1 aromatic carbocycles. The number of hydrogen-bond acceptors (Lipinski definition) is 5. The standard InChI is InChI=1S/C20H21NO4/c1-12(22)17-11-21-7-6-14(17)8-15-5-4-13-9-18(24-2)19(25-3)10-16(13)20(15)23/h6-7,9-11,15H,4-5,8H2,1-3H3. The van der Waals surface area contributed by atoms with Crippen LogP contribution in [0.4, 0.5) is 0 Å². The topological polar surface area (TPSA) is 65.5 Å². The maximum atomic E-state index is 13.0. The summed E-state index contributed by atoms with van der Waals surface area (Å²) in [6.07, 6.45) is 5.33. The summed E-state index contributed by atoms with van der Waals surface area (Å²) in [5.74, 6) is 1.11. The first-order valence-electron chi connectivity index (χ1n) is 8.28. The molecular formula is C20H21NO4. The lowest BCUT2D eigenvalue weighted by Gasteiger charge is -2.25. The van der Waals surface area contributed by atoms with Gasteiger partial charge >= 0.3 is 0 Å². The van der Waals surface area contributed by atoms with Crippen LogP contribution < -0.4 is 9.47 Å². The first-order chi connectivity index (χ1) is 12.0. The fourth-order valence-electron chi connectivity index (χ4n) is 3.42. The molecule has 0 N–H and O–H groups in total. The van der Waals surface area contributed by atoms with E-state index in [0.717, 1.165) is 24.0 Å². The van der Waals surface area contributed by atoms with E-state index >= 15 is 0 Å². The van der Waals surface area contributed by atoms with Crippen LogP contribution in [0.15, 0.2) is 30.6 Å². The molecule has 0 fully saturated rings. The molecule has 5 heteroatoms. The minimum Gasteiger partial charge on any atom is -0.493 e. The quantitative estimate of drug-likeness (QED) is 0.782. The number of rotatable bonds is 5. The van der Waals surface area contributed by atoms with Crippen molar-refractivity contribution < 1.29 is 19.1 Å². The van der Waals surface area contributed by atoms with Gasteiger partial charge in [0, 0.05) is 29.4 Å². The first kappa shape index (κ1) is 17.1. The minimum absolute atomic E-state index is 0.0295. The van der Waals surface area contributed by atoms with Crippen LogP contribution in [0.25, 0.3) is 0 Å². The molecule has 1 unspecified atom stereocenters. The number of pyridine rings is 1. The van der Waals surface area contributed by atoms with Crippen molar-refractivity contribution in [3.8, 4) is 11.5 Å². The Bertz CT molecular complexity index is 828. The minimum atomic E-state index is -0.147. The number of aromatic nitrogens is 1. The number of ether oxygens (including phenoxy) is 2. The summed E-state index contributed by atoms with van der Waals surface area (Å²) in [5, 5.41) is 0. The molecule has 1 aliphatic carbocycles. The van der Waals surface area contributed by atoms with E-state index < -0.39 is 0 Å². The summed E-state index contributed by atoms with van der Waals surface area (Å²) < 4.78 is 10.6. The van der Waals surface area contributed by atoms with Gasteiger partial charge in [-0.25, -0.2) is 0 Å². The van der Waals surface area contributed by atoms with Crippen molar-refractivity contribution in [1.82, 2.24) is 4.98 Å². The van der Waals surface area contributed by atoms with Gasteiger partial charge in [-0.3, -0.25) is 14.6 Å². The Morgan fingerprint density at radius 1 is 1.24 bits per heavy atom. The maximum Gasteiger partial charge on any atom is 0.166 e. The van der Waals surface area contributed by atoms with E-state index in [0.29, 0.717) is 29.0 Å². The molecule has 130 valence electrons. The van der Waals surface area contributed by atoms with Gasteiger partial charge in [-0.1, -0.05) is 0 Å². The molecule has 1 atom stereocenters. The number of benzene rings is 1. The van der Waals surface area contributed by atoms with Crippen molar-refractivity contribution in [2.24, 2.45) is 5.92 Å². The molecule has 1 aliphatic rings. The second kappa shape index (κ2) is 7.05. The van der Waals surface area contributed by atoms with Crippen LogP contribution in [-0.2, 0) is 12.8 Å². The highest BCUT2D eigenvalue weighted by atomic mass is 16.5. The predicted molar refractivity (Wildman–Crippen MR) is 93.6 cm³/mol. The maximum absolute atomic E-state index is 13.0. The summed E-state index contributed by atoms with van der Waals surface area (Å²) in [4.78, 5) is 28.8. The van der Waals surface area contributed by atoms with Crippen molar-refractivity contribution in [2.45, 2.75) is 26.2 Å². The van der Waals surface area contributed by atoms with Crippen LogP contribution in [0.5, 0.6) is 11.5 Å². The average molecular weight is 339 g/mol. The van der Waals surface area contributed by atoms with Gasteiger partial charge in [0.05, 0.1) is 14.2 Å². The van der Waals surface area contributed by atoms with E-state index in [9.17, 15) is 9.59 Å². The van der Waals surface area contributed by atoms with Crippen molar-refractivity contribution in [1.29, 1.82) is 0 Å². The molecule has 2 aromatic rings. The molecule has 5 nitrogen and oxygen atoms in total. The number of carbonyl (C=O) groups is 2. The Labute approximate surface area is 147 Å². The van der Waals surface area contributed by atoms with Crippen LogP contribution in [0.1, 0.15) is 45.2 Å². The summed E-state index contributed by atoms with van der Waals surface area (Å²) in [7, 11) is 3.15. The molecule has 0 bridgehead atoms. The lowest BCUT2D eigenvalue weighted by molar-refractivity contribution is 0.0898. The Kier molecular flexibility index (Phi) is 4.83. The SMILES string of the molecule is COc1cc2c(cc1OC)C(=O)C(Cc1ccncc1C(C)=O)CC2. The molecule has 0 saturated heterocycles. The molecule has 3 rings (SSSR count). The molecule has 25 heavy (non-hydrogen) atoms. The van der Waals surface area contributed by atoms with Gasteiger partial charge in [0.15, 0.2) is 23.1 Å². The van der Waals surface area contributed by atoms with Crippen LogP contribution in [0.3, 0.4) is 0 Å². The fraction of sp³-hybridized carbons (Fsp3) is 0.350. The largest absolute Gasteiger partial charge is 0.493 e. The number of methoxy groups -OCH3 is 2. The zero-order valence-electron chi connectivity index (χ0n) is 14.7. The van der Waals surface area contributed by atoms with E-state index in [1.807, 2.05) is 12.1 Å². The van der Waals surface area contributed by atoms with E-state index in [2.05, 4.69) is 4.98 Å². The molecule has 0 saturated carbocycles. The number of fused-ring (bicyclic) bond motifs is 1. The number of carbonyl (C=O) groups excluding carboxylic acids is 2. The Morgan fingerprint density at radius 3 is 2.64 bits per heavy atom. The summed E-state index contributed by atoms with van der Waals surface area (Å²) >= 11 is 0. The highest BCUT2D eigenvalue weighted by Crippen LogP contribution is 2.36. The lowest BCUT2D eigenvalue weighted by Crippen LogP contribution is -2.25. The third-order valence-electron chi connectivity index (χ3n) is 4.76. The van der Waals surface area contributed by atoms with Crippen LogP contribution in [0.2, 0.25) is 0 Å². The molecule has 0 amide bonds. The third-order valence-corrected chi connectivity index (χ3v) is 4.76. The number of Topliss-reactive ketones (excluding diaryl/α,β-unsaturated/α-hetero) is 2. The lowest BCUT2D eigenvalue weighted by atomic mass is 9.79. The Hall–Kier alpha value is -2.69. The van der Waals surface area contributed by atoms with Gasteiger partial charge in [-0.2, -0.15) is 0 Å². The summed E-state index contributed by atoms with van der Waals surface area (Å²) in [6.45, 7) is 1.52. The number of ketones is 2. The van der Waals surface area contributed by atoms with Crippen LogP contribution >= 0.6 is 0 Å². The Balaban J connectivity index is 1.91. The number of nitrogens with zero attached hydrogens (tertiary/aromatic N) is 1. The number of hydrogen-bond donors (Lipinski definition) is 0. The van der Waals surface area contributed by atoms with Crippen LogP contribution in [-0.4, -0.2) is 30.8 Å². The summed E-state index contributed by atoms with van der Waals surface area (Å²) in [5.41, 5.74) is 3.14. The van der Waals surface area contributed by atoms with Crippen molar-refractivity contribution in [3.05, 3.63) is 52.8 Å². The molecule has 1 heterocycles. The van der Waals surface area contributed by atoms with Gasteiger partial charge in [0.1, 0.15) is 0 Å². The average Bonchev–Trinajstić information content (AvgIpc) is 2.63. The highest BCUT2D eigenvalue weighted by molar-refractivity contribution is 6.01. The van der Waals surface area contributed by atoms with Gasteiger partial charge < -0.3 is 9.47 Å². The zero-order valence-corrected chi connectivity index (χ0v) is 14.7. The third kappa shape index (κ3) is 3.27. The van der Waals surface area contributed by atoms with Gasteiger partial charge in [0.25, 0.3) is 0 Å². The zero-order chi connectivity index (χ0) is 18.0. The van der Waals surface area contributed by atoms with Gasteiger partial charge in [-0.05, 0) is 55.5 Å². The highest BCUT2D eigenvalue weighted by Gasteiger charge is 2.30. The van der Waals surface area contributed by atoms with Gasteiger partial charge in [0.2, 0.25) is 0 Å². The normalized spacial score (nSPS) is 16.3. The predicted octanol–water partition coefficient (Wildman–Crippen LogP) is 3.29. The Morgan fingerprint density at radius 2 is 1.96 bits per heavy atom. The second-order valence-electron chi connectivity index (χ2n) is 6.26. The monoisotopic (exact) mass is 339 g/mol. The van der Waals surface area contributed by atoms with Crippen molar-refractivity contribution in [2.75, 3.05) is 14.2 Å². The second-order valence-corrected chi connectivity index (χ2v) is 6.26. The van der Waals surface area contributed by atoms with Crippen LogP contribution in [0, 0.1) is 5.92 Å². The van der Waals surface area contributed by atoms with Gasteiger partial charge in [-0.15, -0.1) is 0 Å². The van der Waals surface area contributed by atoms with Crippen molar-refractivity contribution in [3.63, 3.8) is 0 Å². The van der Waals surface area contributed by atoms with E-state index in [-0.39, 0.29) is 17.5 Å². The molecule has 0 aliphatic heterocycles. The fourth-order valence-corrected chi connectivity index (χ4v) is 3.42. The smallest absolute Gasteiger partial charge is 0.166 e. The van der Waals surface area contributed by atoms with Crippen molar-refractivity contribution >= 4 is 11.6 Å². The molecule has 0 spiro atoms. The first-order valence-corrected chi connectivity index (χ1v) is 8.28. The van der Waals surface area contributed by atoms with E-state index in [1.165, 1.54) is 6.92 Å². The number of aryl methyl sites for hydroxylation is 1. The van der Waals surface area contributed by atoms with E-state index in [1.54, 1.807) is 32.7 Å². The molecule has 0 radical (unpaired) electrons. The molecule has 1 aromatic heterocycles. The molecular weight excluding hydrogens is 318 g/mol. The van der Waals surface area contributed by atoms with E-state index in [4.69, 9.17) is 9.47 Å².